The first-order chi connectivity index (χ1) is 3.72. The fraction of sp³-hybridized carbons (Fsp3) is 0.857. The van der Waals surface area contributed by atoms with Crippen LogP contribution in [-0.4, -0.2) is 6.29 Å². The van der Waals surface area contributed by atoms with Crippen LogP contribution in [0.2, 0.25) is 0 Å². The highest BCUT2D eigenvalue weighted by Crippen LogP contribution is 2.10. The number of carbonyl (C=O) groups excluding carboxylic acids is 1. The highest BCUT2D eigenvalue weighted by atomic mass is 16.1. The van der Waals surface area contributed by atoms with Crippen LogP contribution in [0.25, 0.3) is 0 Å². The van der Waals surface area contributed by atoms with E-state index in [1.54, 1.807) is 0 Å². The van der Waals surface area contributed by atoms with Crippen LogP contribution in [0.3, 0.4) is 0 Å². The molecule has 1 radical (unpaired) electrons. The van der Waals surface area contributed by atoms with Crippen molar-refractivity contribution >= 4 is 6.29 Å². The lowest BCUT2D eigenvalue weighted by molar-refractivity contribution is 0.435. The van der Waals surface area contributed by atoms with E-state index in [0.29, 0.717) is 5.92 Å². The van der Waals surface area contributed by atoms with Crippen LogP contribution in [0.15, 0.2) is 0 Å². The van der Waals surface area contributed by atoms with Gasteiger partial charge < -0.3 is 0 Å². The molecular weight excluding hydrogens is 100 g/mol. The molecule has 2 unspecified atom stereocenters. The van der Waals surface area contributed by atoms with Crippen molar-refractivity contribution in [2.24, 2.45) is 11.8 Å². The molecular formula is C7H13O. The minimum atomic E-state index is 0.111. The summed E-state index contributed by atoms with van der Waals surface area (Å²) in [7, 11) is 0. The molecule has 0 bridgehead atoms. The molecule has 0 amide bonds. The first kappa shape index (κ1) is 7.67. The second kappa shape index (κ2) is 3.65. The molecule has 0 aromatic rings. The van der Waals surface area contributed by atoms with Gasteiger partial charge >= 0.3 is 0 Å². The molecule has 0 aromatic heterocycles. The average Bonchev–Trinajstić information content (AvgIpc) is 1.84. The predicted molar refractivity (Wildman–Crippen MR) is 34.3 cm³/mol. The van der Waals surface area contributed by atoms with Gasteiger partial charge in [-0.2, -0.15) is 0 Å². The molecule has 0 heterocycles. The van der Waals surface area contributed by atoms with E-state index in [1.165, 1.54) is 0 Å². The molecule has 0 rings (SSSR count). The lowest BCUT2D eigenvalue weighted by Gasteiger charge is -2.08. The molecule has 1 heteroatoms. The molecule has 2 atom stereocenters. The van der Waals surface area contributed by atoms with Gasteiger partial charge in [0.1, 0.15) is 0 Å². The molecule has 0 aromatic carbocycles. The summed E-state index contributed by atoms with van der Waals surface area (Å²) in [6, 6.07) is 0. The number of rotatable bonds is 3. The third-order valence-corrected chi connectivity index (χ3v) is 1.68. The molecule has 47 valence electrons. The summed E-state index contributed by atoms with van der Waals surface area (Å²) in [6.45, 7) is 6.05. The summed E-state index contributed by atoms with van der Waals surface area (Å²) in [6.07, 6.45) is 3.03. The van der Waals surface area contributed by atoms with Gasteiger partial charge in [0.25, 0.3) is 0 Å². The van der Waals surface area contributed by atoms with E-state index in [9.17, 15) is 4.79 Å². The minimum absolute atomic E-state index is 0.111. The normalized spacial score (nSPS) is 17.4. The van der Waals surface area contributed by atoms with Crippen LogP contribution in [0.5, 0.6) is 0 Å². The van der Waals surface area contributed by atoms with Crippen LogP contribution in [0, 0.1) is 11.8 Å². The Hall–Kier alpha value is -0.330. The van der Waals surface area contributed by atoms with Crippen molar-refractivity contribution < 1.29 is 4.79 Å². The van der Waals surface area contributed by atoms with E-state index < -0.39 is 0 Å². The van der Waals surface area contributed by atoms with Crippen LogP contribution in [0.4, 0.5) is 0 Å². The van der Waals surface area contributed by atoms with Gasteiger partial charge in [0.2, 0.25) is 6.29 Å². The molecule has 1 nitrogen and oxygen atoms in total. The largest absolute Gasteiger partial charge is 0.291 e. The lowest BCUT2D eigenvalue weighted by Crippen LogP contribution is -2.06. The Morgan fingerprint density at radius 2 is 2.00 bits per heavy atom. The van der Waals surface area contributed by atoms with E-state index >= 15 is 0 Å². The van der Waals surface area contributed by atoms with Crippen LogP contribution in [0.1, 0.15) is 27.2 Å². The molecule has 0 spiro atoms. The average molecular weight is 113 g/mol. The Labute approximate surface area is 51.1 Å². The molecule has 0 aliphatic heterocycles. The van der Waals surface area contributed by atoms with Crippen molar-refractivity contribution in [1.82, 2.24) is 0 Å². The first-order valence-corrected chi connectivity index (χ1v) is 3.10. The molecule has 0 fully saturated rings. The summed E-state index contributed by atoms with van der Waals surface area (Å²) in [5.41, 5.74) is 0. The second-order valence-corrected chi connectivity index (χ2v) is 2.29. The predicted octanol–water partition coefficient (Wildman–Crippen LogP) is 1.78. The Morgan fingerprint density at radius 3 is 2.12 bits per heavy atom. The molecule has 0 aliphatic rings. The summed E-state index contributed by atoms with van der Waals surface area (Å²) >= 11 is 0. The third kappa shape index (κ3) is 2.10. The van der Waals surface area contributed by atoms with E-state index in [2.05, 4.69) is 13.8 Å². The van der Waals surface area contributed by atoms with Crippen molar-refractivity contribution in [1.29, 1.82) is 0 Å². The van der Waals surface area contributed by atoms with Crippen molar-refractivity contribution in [3.05, 3.63) is 0 Å². The SMILES string of the molecule is CCC(C)C(C)[C]=O. The zero-order chi connectivity index (χ0) is 6.57. The maximum absolute atomic E-state index is 9.98. The summed E-state index contributed by atoms with van der Waals surface area (Å²) in [5, 5.41) is 0. The Balaban J connectivity index is 3.44. The van der Waals surface area contributed by atoms with Gasteiger partial charge in [-0.1, -0.05) is 27.2 Å². The topological polar surface area (TPSA) is 17.1 Å². The Morgan fingerprint density at radius 1 is 1.50 bits per heavy atom. The van der Waals surface area contributed by atoms with Crippen LogP contribution in [-0.2, 0) is 4.79 Å². The van der Waals surface area contributed by atoms with E-state index in [4.69, 9.17) is 0 Å². The van der Waals surface area contributed by atoms with Gasteiger partial charge in [0.05, 0.1) is 0 Å². The van der Waals surface area contributed by atoms with Crippen LogP contribution < -0.4 is 0 Å². The lowest BCUT2D eigenvalue weighted by atomic mass is 9.95. The molecule has 0 saturated heterocycles. The fourth-order valence-electron chi connectivity index (χ4n) is 0.470. The zero-order valence-electron chi connectivity index (χ0n) is 5.77. The summed E-state index contributed by atoms with van der Waals surface area (Å²) in [5.74, 6) is 0.604. The van der Waals surface area contributed by atoms with Gasteiger partial charge in [0.15, 0.2) is 0 Å². The van der Waals surface area contributed by atoms with Gasteiger partial charge in [-0.05, 0) is 5.92 Å². The number of hydrogen-bond donors (Lipinski definition) is 0. The third-order valence-electron chi connectivity index (χ3n) is 1.68. The van der Waals surface area contributed by atoms with Crippen LogP contribution >= 0.6 is 0 Å². The van der Waals surface area contributed by atoms with E-state index in [-0.39, 0.29) is 5.92 Å². The van der Waals surface area contributed by atoms with Crippen molar-refractivity contribution in [2.75, 3.05) is 0 Å². The first-order valence-electron chi connectivity index (χ1n) is 3.10. The maximum Gasteiger partial charge on any atom is 0.201 e. The zero-order valence-corrected chi connectivity index (χ0v) is 5.77. The minimum Gasteiger partial charge on any atom is -0.291 e. The second-order valence-electron chi connectivity index (χ2n) is 2.29. The Bertz CT molecular complexity index is 68.8. The van der Waals surface area contributed by atoms with E-state index in [1.807, 2.05) is 13.2 Å². The van der Waals surface area contributed by atoms with Gasteiger partial charge in [0, 0.05) is 5.92 Å². The van der Waals surface area contributed by atoms with E-state index in [0.717, 1.165) is 6.42 Å². The van der Waals surface area contributed by atoms with Gasteiger partial charge in [-0.25, -0.2) is 0 Å². The quantitative estimate of drug-likeness (QED) is 0.545. The van der Waals surface area contributed by atoms with Crippen molar-refractivity contribution in [3.8, 4) is 0 Å². The standard InChI is InChI=1S/C7H13O/c1-4-6(2)7(3)5-8/h6-7H,4H2,1-3H3. The smallest absolute Gasteiger partial charge is 0.201 e. The maximum atomic E-state index is 9.98. The van der Waals surface area contributed by atoms with Crippen molar-refractivity contribution in [3.63, 3.8) is 0 Å². The van der Waals surface area contributed by atoms with Crippen molar-refractivity contribution in [2.45, 2.75) is 27.2 Å². The highest BCUT2D eigenvalue weighted by molar-refractivity contribution is 5.54. The monoisotopic (exact) mass is 113 g/mol. The van der Waals surface area contributed by atoms with Gasteiger partial charge in [-0.15, -0.1) is 0 Å². The van der Waals surface area contributed by atoms with Gasteiger partial charge in [-0.3, -0.25) is 4.79 Å². The summed E-state index contributed by atoms with van der Waals surface area (Å²) < 4.78 is 0. The molecule has 0 N–H and O–H groups in total. The Kier molecular flexibility index (Phi) is 3.49. The number of hydrogen-bond acceptors (Lipinski definition) is 1. The molecule has 0 saturated carbocycles. The molecule has 8 heavy (non-hydrogen) atoms. The highest BCUT2D eigenvalue weighted by Gasteiger charge is 2.07. The fourth-order valence-corrected chi connectivity index (χ4v) is 0.470. The summed E-state index contributed by atoms with van der Waals surface area (Å²) in [4.78, 5) is 9.98. The molecule has 0 aliphatic carbocycles.